The van der Waals surface area contributed by atoms with E-state index < -0.39 is 0 Å². The molecule has 0 saturated heterocycles. The largest absolute Gasteiger partial charge is 0.483 e. The van der Waals surface area contributed by atoms with E-state index >= 15 is 0 Å². The van der Waals surface area contributed by atoms with E-state index in [1.165, 1.54) is 0 Å². The van der Waals surface area contributed by atoms with Gasteiger partial charge in [0.2, 0.25) is 0 Å². The molecule has 1 N–H and O–H groups in total. The lowest BCUT2D eigenvalue weighted by Gasteiger charge is -2.17. The van der Waals surface area contributed by atoms with Gasteiger partial charge in [0.1, 0.15) is 5.75 Å². The smallest absolute Gasteiger partial charge is 0.262 e. The monoisotopic (exact) mass is 466 g/mol. The molecule has 0 radical (unpaired) electrons. The minimum Gasteiger partial charge on any atom is -0.483 e. The maximum absolute atomic E-state index is 12.6. The fraction of sp³-hybridized carbons (Fsp3) is 0.167. The van der Waals surface area contributed by atoms with Gasteiger partial charge in [0, 0.05) is 28.5 Å². The second-order valence-electron chi connectivity index (χ2n) is 6.98. The van der Waals surface area contributed by atoms with E-state index in [9.17, 15) is 9.59 Å². The predicted molar refractivity (Wildman–Crippen MR) is 123 cm³/mol. The Morgan fingerprint density at radius 3 is 2.17 bits per heavy atom. The Morgan fingerprint density at radius 1 is 0.967 bits per heavy atom. The molecule has 0 bridgehead atoms. The Bertz CT molecular complexity index is 1030. The Morgan fingerprint density at radius 2 is 1.57 bits per heavy atom. The number of anilines is 2. The molecule has 0 spiro atoms. The number of rotatable bonds is 6. The molecule has 6 heteroatoms. The summed E-state index contributed by atoms with van der Waals surface area (Å²) in [6, 6.07) is 20.1. The van der Waals surface area contributed by atoms with E-state index in [2.05, 4.69) is 21.2 Å². The van der Waals surface area contributed by atoms with Crippen molar-refractivity contribution in [3.8, 4) is 5.75 Å². The topological polar surface area (TPSA) is 58.6 Å². The number of ether oxygens (including phenoxy) is 1. The molecule has 0 unspecified atom stereocenters. The van der Waals surface area contributed by atoms with Crippen LogP contribution in [0, 0.1) is 13.8 Å². The number of hydrogen-bond donors (Lipinski definition) is 1. The second kappa shape index (κ2) is 9.59. The van der Waals surface area contributed by atoms with E-state index in [1.54, 1.807) is 36.2 Å². The third-order valence-electron chi connectivity index (χ3n) is 4.64. The molecule has 0 aliphatic carbocycles. The minimum atomic E-state index is -0.266. The van der Waals surface area contributed by atoms with Gasteiger partial charge in [-0.2, -0.15) is 0 Å². The number of nitrogens with one attached hydrogen (secondary N) is 1. The van der Waals surface area contributed by atoms with Gasteiger partial charge >= 0.3 is 0 Å². The van der Waals surface area contributed by atoms with Crippen LogP contribution in [0.1, 0.15) is 21.5 Å². The Kier molecular flexibility index (Phi) is 6.90. The molecule has 0 aliphatic heterocycles. The summed E-state index contributed by atoms with van der Waals surface area (Å²) in [4.78, 5) is 26.5. The van der Waals surface area contributed by atoms with Crippen molar-refractivity contribution in [2.45, 2.75) is 13.8 Å². The van der Waals surface area contributed by atoms with Gasteiger partial charge in [-0.25, -0.2) is 0 Å². The first-order chi connectivity index (χ1) is 14.3. The summed E-state index contributed by atoms with van der Waals surface area (Å²) in [5.41, 5.74) is 3.87. The van der Waals surface area contributed by atoms with Crippen molar-refractivity contribution in [2.24, 2.45) is 0 Å². The molecule has 0 saturated carbocycles. The van der Waals surface area contributed by atoms with Gasteiger partial charge in [0.05, 0.1) is 0 Å². The summed E-state index contributed by atoms with van der Waals surface area (Å²) >= 11 is 3.45. The molecule has 0 fully saturated rings. The number of halogens is 1. The van der Waals surface area contributed by atoms with Gasteiger partial charge in [-0.1, -0.05) is 34.1 Å². The summed E-state index contributed by atoms with van der Waals surface area (Å²) in [5.74, 6) is 0.319. The summed E-state index contributed by atoms with van der Waals surface area (Å²) in [6.07, 6.45) is 0. The number of para-hydroxylation sites is 1. The van der Waals surface area contributed by atoms with Crippen molar-refractivity contribution in [1.29, 1.82) is 0 Å². The molecule has 154 valence electrons. The zero-order valence-electron chi connectivity index (χ0n) is 17.1. The van der Waals surface area contributed by atoms with Crippen LogP contribution in [-0.2, 0) is 4.79 Å². The number of carbonyl (C=O) groups excluding carboxylic acids is 2. The minimum absolute atomic E-state index is 0.0965. The highest BCUT2D eigenvalue weighted by molar-refractivity contribution is 9.10. The van der Waals surface area contributed by atoms with Gasteiger partial charge in [-0.15, -0.1) is 0 Å². The standard InChI is InChI=1S/C24H23BrN2O3/c1-16-13-19(25)14-17(2)23(16)30-15-22(28)26-20-11-9-18(10-12-20)24(29)27(3)21-7-5-4-6-8-21/h4-14H,15H2,1-3H3,(H,26,28). The number of nitrogens with zero attached hydrogens (tertiary/aromatic N) is 1. The van der Waals surface area contributed by atoms with Crippen molar-refractivity contribution in [2.75, 3.05) is 23.9 Å². The molecule has 30 heavy (non-hydrogen) atoms. The van der Waals surface area contributed by atoms with Crippen molar-refractivity contribution < 1.29 is 14.3 Å². The van der Waals surface area contributed by atoms with Crippen molar-refractivity contribution in [3.63, 3.8) is 0 Å². The fourth-order valence-corrected chi connectivity index (χ4v) is 3.81. The molecule has 0 aromatic heterocycles. The Balaban J connectivity index is 1.59. The van der Waals surface area contributed by atoms with Crippen LogP contribution in [0.2, 0.25) is 0 Å². The highest BCUT2D eigenvalue weighted by Crippen LogP contribution is 2.27. The maximum atomic E-state index is 12.6. The Labute approximate surface area is 184 Å². The van der Waals surface area contributed by atoms with E-state index in [4.69, 9.17) is 4.74 Å². The number of amides is 2. The number of aryl methyl sites for hydroxylation is 2. The van der Waals surface area contributed by atoms with Crippen molar-refractivity contribution in [3.05, 3.63) is 87.9 Å². The van der Waals surface area contributed by atoms with E-state index in [1.807, 2.05) is 56.3 Å². The van der Waals surface area contributed by atoms with Gasteiger partial charge in [-0.3, -0.25) is 9.59 Å². The van der Waals surface area contributed by atoms with Crippen LogP contribution in [0.3, 0.4) is 0 Å². The van der Waals surface area contributed by atoms with Crippen LogP contribution in [0.15, 0.2) is 71.2 Å². The number of carbonyl (C=O) groups is 2. The van der Waals surface area contributed by atoms with Gasteiger partial charge < -0.3 is 15.0 Å². The predicted octanol–water partition coefficient (Wildman–Crippen LogP) is 5.36. The second-order valence-corrected chi connectivity index (χ2v) is 7.90. The summed E-state index contributed by atoms with van der Waals surface area (Å²) in [6.45, 7) is 3.78. The van der Waals surface area contributed by atoms with Gasteiger partial charge in [0.25, 0.3) is 11.8 Å². The van der Waals surface area contributed by atoms with Crippen LogP contribution in [0.25, 0.3) is 0 Å². The lowest BCUT2D eigenvalue weighted by atomic mass is 10.1. The third kappa shape index (κ3) is 5.27. The molecular weight excluding hydrogens is 444 g/mol. The lowest BCUT2D eigenvalue weighted by molar-refractivity contribution is -0.118. The first-order valence-electron chi connectivity index (χ1n) is 9.47. The average molecular weight is 467 g/mol. The van der Waals surface area contributed by atoms with Gasteiger partial charge in [-0.05, 0) is 73.5 Å². The van der Waals surface area contributed by atoms with Crippen LogP contribution in [-0.4, -0.2) is 25.5 Å². The molecule has 3 aromatic carbocycles. The Hall–Kier alpha value is -3.12. The zero-order chi connectivity index (χ0) is 21.7. The molecule has 2 amide bonds. The van der Waals surface area contributed by atoms with Crippen LogP contribution >= 0.6 is 15.9 Å². The van der Waals surface area contributed by atoms with Crippen molar-refractivity contribution >= 4 is 39.1 Å². The third-order valence-corrected chi connectivity index (χ3v) is 5.09. The van der Waals surface area contributed by atoms with E-state index in [-0.39, 0.29) is 18.4 Å². The van der Waals surface area contributed by atoms with E-state index in [0.29, 0.717) is 17.0 Å². The normalized spacial score (nSPS) is 10.4. The fourth-order valence-electron chi connectivity index (χ4n) is 3.12. The molecule has 0 heterocycles. The van der Waals surface area contributed by atoms with Crippen LogP contribution in [0.4, 0.5) is 11.4 Å². The highest BCUT2D eigenvalue weighted by Gasteiger charge is 2.14. The average Bonchev–Trinajstić information content (AvgIpc) is 2.73. The van der Waals surface area contributed by atoms with Crippen LogP contribution in [0.5, 0.6) is 5.75 Å². The zero-order valence-corrected chi connectivity index (χ0v) is 18.7. The summed E-state index contributed by atoms with van der Waals surface area (Å²) < 4.78 is 6.68. The quantitative estimate of drug-likeness (QED) is 0.531. The molecular formula is C24H23BrN2O3. The highest BCUT2D eigenvalue weighted by atomic mass is 79.9. The molecule has 0 atom stereocenters. The molecule has 0 aliphatic rings. The maximum Gasteiger partial charge on any atom is 0.262 e. The number of hydrogen-bond acceptors (Lipinski definition) is 3. The van der Waals surface area contributed by atoms with E-state index in [0.717, 1.165) is 21.3 Å². The molecule has 5 nitrogen and oxygen atoms in total. The molecule has 3 rings (SSSR count). The van der Waals surface area contributed by atoms with Gasteiger partial charge in [0.15, 0.2) is 6.61 Å². The molecule has 3 aromatic rings. The van der Waals surface area contributed by atoms with Crippen LogP contribution < -0.4 is 15.0 Å². The summed E-state index contributed by atoms with van der Waals surface area (Å²) in [7, 11) is 1.73. The number of benzene rings is 3. The lowest BCUT2D eigenvalue weighted by Crippen LogP contribution is -2.26. The summed E-state index contributed by atoms with van der Waals surface area (Å²) in [5, 5.41) is 2.79. The SMILES string of the molecule is Cc1cc(Br)cc(C)c1OCC(=O)Nc1ccc(C(=O)N(C)c2ccccc2)cc1. The first-order valence-corrected chi connectivity index (χ1v) is 10.3. The van der Waals surface area contributed by atoms with Crippen molar-refractivity contribution in [1.82, 2.24) is 0 Å². The first kappa shape index (κ1) is 21.6.